The average Bonchev–Trinajstić information content (AvgIpc) is 2.52. The van der Waals surface area contributed by atoms with Gasteiger partial charge in [-0.05, 0) is 23.6 Å². The van der Waals surface area contributed by atoms with Gasteiger partial charge in [-0.1, -0.05) is 13.8 Å². The third-order valence-electron chi connectivity index (χ3n) is 3.50. The number of ether oxygens (including phenoxy) is 2. The highest BCUT2D eigenvalue weighted by atomic mass is 16.5. The standard InChI is InChI=1S/C16H20N4O3/c1-8(2)9-5-12(22-3)13(23-4)6-10(9)14(21)11-7-19-16(18)20-15(11)17/h5-8H,1-4H3,(H4,17,18,19,20). The van der Waals surface area contributed by atoms with Crippen molar-refractivity contribution in [2.45, 2.75) is 19.8 Å². The molecule has 0 saturated heterocycles. The first-order valence-electron chi connectivity index (χ1n) is 7.07. The first-order valence-corrected chi connectivity index (χ1v) is 7.07. The Labute approximate surface area is 134 Å². The van der Waals surface area contributed by atoms with Gasteiger partial charge in [0.25, 0.3) is 0 Å². The van der Waals surface area contributed by atoms with E-state index in [4.69, 9.17) is 20.9 Å². The summed E-state index contributed by atoms with van der Waals surface area (Å²) in [6, 6.07) is 3.44. The minimum atomic E-state index is -0.285. The summed E-state index contributed by atoms with van der Waals surface area (Å²) in [6.07, 6.45) is 1.33. The van der Waals surface area contributed by atoms with E-state index in [0.717, 1.165) is 5.56 Å². The zero-order valence-electron chi connectivity index (χ0n) is 13.6. The minimum absolute atomic E-state index is 0.0236. The molecule has 0 spiro atoms. The Morgan fingerprint density at radius 2 is 1.70 bits per heavy atom. The molecule has 2 aromatic rings. The summed E-state index contributed by atoms with van der Waals surface area (Å²) >= 11 is 0. The van der Waals surface area contributed by atoms with Crippen LogP contribution in [0.5, 0.6) is 11.5 Å². The van der Waals surface area contributed by atoms with Crippen molar-refractivity contribution in [2.75, 3.05) is 25.7 Å². The molecule has 0 bridgehead atoms. The summed E-state index contributed by atoms with van der Waals surface area (Å²) in [5.74, 6) is 0.920. The summed E-state index contributed by atoms with van der Waals surface area (Å²) in [5, 5.41) is 0. The van der Waals surface area contributed by atoms with E-state index >= 15 is 0 Å². The number of rotatable bonds is 5. The second kappa shape index (κ2) is 6.51. The molecule has 122 valence electrons. The topological polar surface area (TPSA) is 113 Å². The van der Waals surface area contributed by atoms with Crippen LogP contribution in [0.3, 0.4) is 0 Å². The van der Waals surface area contributed by atoms with Gasteiger partial charge in [0.1, 0.15) is 5.82 Å². The molecule has 0 aliphatic rings. The molecule has 2 rings (SSSR count). The Kier molecular flexibility index (Phi) is 4.68. The van der Waals surface area contributed by atoms with Gasteiger partial charge in [-0.3, -0.25) is 4.79 Å². The maximum absolute atomic E-state index is 12.9. The van der Waals surface area contributed by atoms with Crippen molar-refractivity contribution in [1.29, 1.82) is 0 Å². The number of nitrogens with zero attached hydrogens (tertiary/aromatic N) is 2. The second-order valence-corrected chi connectivity index (χ2v) is 5.31. The van der Waals surface area contributed by atoms with Crippen LogP contribution >= 0.6 is 0 Å². The number of hydrogen-bond donors (Lipinski definition) is 2. The molecule has 7 nitrogen and oxygen atoms in total. The molecule has 4 N–H and O–H groups in total. The fourth-order valence-corrected chi connectivity index (χ4v) is 2.30. The Bertz CT molecular complexity index is 744. The first kappa shape index (κ1) is 16.5. The van der Waals surface area contributed by atoms with Crippen molar-refractivity contribution in [3.05, 3.63) is 35.0 Å². The van der Waals surface area contributed by atoms with Crippen LogP contribution in [0.2, 0.25) is 0 Å². The Balaban J connectivity index is 2.62. The molecule has 0 fully saturated rings. The molecule has 23 heavy (non-hydrogen) atoms. The number of anilines is 2. The van der Waals surface area contributed by atoms with Crippen LogP contribution in [0.1, 0.15) is 41.3 Å². The third-order valence-corrected chi connectivity index (χ3v) is 3.50. The molecule has 0 unspecified atom stereocenters. The highest BCUT2D eigenvalue weighted by Gasteiger charge is 2.22. The van der Waals surface area contributed by atoms with Gasteiger partial charge in [-0.25, -0.2) is 4.98 Å². The Morgan fingerprint density at radius 1 is 1.09 bits per heavy atom. The largest absolute Gasteiger partial charge is 0.493 e. The molecule has 0 radical (unpaired) electrons. The molecule has 0 saturated carbocycles. The number of benzene rings is 1. The van der Waals surface area contributed by atoms with Crippen LogP contribution in [0, 0.1) is 0 Å². The highest BCUT2D eigenvalue weighted by Crippen LogP contribution is 2.35. The average molecular weight is 316 g/mol. The molecule has 0 atom stereocenters. The molecule has 1 aromatic heterocycles. The molecule has 0 aliphatic carbocycles. The van der Waals surface area contributed by atoms with E-state index in [9.17, 15) is 4.79 Å². The van der Waals surface area contributed by atoms with Gasteiger partial charge in [-0.15, -0.1) is 0 Å². The fourth-order valence-electron chi connectivity index (χ4n) is 2.30. The van der Waals surface area contributed by atoms with E-state index in [1.807, 2.05) is 13.8 Å². The van der Waals surface area contributed by atoms with Gasteiger partial charge in [0, 0.05) is 11.8 Å². The van der Waals surface area contributed by atoms with Crippen LogP contribution in [0.15, 0.2) is 18.3 Å². The summed E-state index contributed by atoms with van der Waals surface area (Å²) < 4.78 is 10.6. The van der Waals surface area contributed by atoms with Crippen LogP contribution in [-0.4, -0.2) is 30.0 Å². The van der Waals surface area contributed by atoms with Gasteiger partial charge in [0.2, 0.25) is 5.95 Å². The lowest BCUT2D eigenvalue weighted by molar-refractivity contribution is 0.103. The van der Waals surface area contributed by atoms with E-state index in [-0.39, 0.29) is 29.0 Å². The second-order valence-electron chi connectivity index (χ2n) is 5.31. The third kappa shape index (κ3) is 3.18. The quantitative estimate of drug-likeness (QED) is 0.811. The summed E-state index contributed by atoms with van der Waals surface area (Å²) in [5.41, 5.74) is 12.8. The van der Waals surface area contributed by atoms with Crippen molar-refractivity contribution in [2.24, 2.45) is 0 Å². The van der Waals surface area contributed by atoms with Crippen molar-refractivity contribution in [3.63, 3.8) is 0 Å². The summed E-state index contributed by atoms with van der Waals surface area (Å²) in [4.78, 5) is 20.6. The Morgan fingerprint density at radius 3 is 2.22 bits per heavy atom. The monoisotopic (exact) mass is 316 g/mol. The lowest BCUT2D eigenvalue weighted by atomic mass is 9.92. The SMILES string of the molecule is COc1cc(C(=O)c2cnc(N)nc2N)c(C(C)C)cc1OC. The normalized spacial score (nSPS) is 10.7. The van der Waals surface area contributed by atoms with Crippen molar-refractivity contribution < 1.29 is 14.3 Å². The van der Waals surface area contributed by atoms with Crippen LogP contribution < -0.4 is 20.9 Å². The summed E-state index contributed by atoms with van der Waals surface area (Å²) in [6.45, 7) is 3.97. The van der Waals surface area contributed by atoms with Crippen molar-refractivity contribution in [3.8, 4) is 11.5 Å². The van der Waals surface area contributed by atoms with E-state index < -0.39 is 0 Å². The number of methoxy groups -OCH3 is 2. The smallest absolute Gasteiger partial charge is 0.221 e. The predicted molar refractivity (Wildman–Crippen MR) is 87.9 cm³/mol. The fraction of sp³-hybridized carbons (Fsp3) is 0.312. The number of aromatic nitrogens is 2. The molecule has 0 aliphatic heterocycles. The van der Waals surface area contributed by atoms with Gasteiger partial charge in [-0.2, -0.15) is 4.98 Å². The van der Waals surface area contributed by atoms with Gasteiger partial charge < -0.3 is 20.9 Å². The van der Waals surface area contributed by atoms with Gasteiger partial charge in [0.15, 0.2) is 17.3 Å². The zero-order chi connectivity index (χ0) is 17.1. The van der Waals surface area contributed by atoms with Gasteiger partial charge >= 0.3 is 0 Å². The number of nitrogen functional groups attached to an aromatic ring is 2. The number of carbonyl (C=O) groups is 1. The number of carbonyl (C=O) groups excluding carboxylic acids is 1. The molecule has 1 aromatic carbocycles. The minimum Gasteiger partial charge on any atom is -0.493 e. The highest BCUT2D eigenvalue weighted by molar-refractivity contribution is 6.12. The molecule has 0 amide bonds. The first-order chi connectivity index (χ1) is 10.9. The number of hydrogen-bond acceptors (Lipinski definition) is 7. The number of ketones is 1. The van der Waals surface area contributed by atoms with E-state index in [1.54, 1.807) is 19.2 Å². The van der Waals surface area contributed by atoms with Crippen molar-refractivity contribution >= 4 is 17.5 Å². The van der Waals surface area contributed by atoms with Crippen LogP contribution in [-0.2, 0) is 0 Å². The van der Waals surface area contributed by atoms with E-state index in [0.29, 0.717) is 17.1 Å². The lowest BCUT2D eigenvalue weighted by Gasteiger charge is -2.17. The molecular weight excluding hydrogens is 296 g/mol. The predicted octanol–water partition coefficient (Wildman–Crippen LogP) is 2.01. The van der Waals surface area contributed by atoms with Crippen LogP contribution in [0.4, 0.5) is 11.8 Å². The van der Waals surface area contributed by atoms with Crippen LogP contribution in [0.25, 0.3) is 0 Å². The molecular formula is C16H20N4O3. The lowest BCUT2D eigenvalue weighted by Crippen LogP contribution is -2.12. The van der Waals surface area contributed by atoms with Gasteiger partial charge in [0.05, 0.1) is 19.8 Å². The molecule has 7 heteroatoms. The molecule has 1 heterocycles. The number of nitrogens with two attached hydrogens (primary N) is 2. The maximum atomic E-state index is 12.9. The summed E-state index contributed by atoms with van der Waals surface area (Å²) in [7, 11) is 3.07. The maximum Gasteiger partial charge on any atom is 0.221 e. The van der Waals surface area contributed by atoms with E-state index in [2.05, 4.69) is 9.97 Å². The van der Waals surface area contributed by atoms with Crippen molar-refractivity contribution in [1.82, 2.24) is 9.97 Å². The Hall–Kier alpha value is -2.83. The van der Waals surface area contributed by atoms with E-state index in [1.165, 1.54) is 13.3 Å². The zero-order valence-corrected chi connectivity index (χ0v) is 13.6.